The second-order valence-electron chi connectivity index (χ2n) is 7.10. The van der Waals surface area contributed by atoms with Crippen LogP contribution in [-0.4, -0.2) is 35.6 Å². The minimum atomic E-state index is -4.12. The summed E-state index contributed by atoms with van der Waals surface area (Å²) >= 11 is 0. The lowest BCUT2D eigenvalue weighted by molar-refractivity contribution is -0.119. The van der Waals surface area contributed by atoms with Gasteiger partial charge in [0.15, 0.2) is 0 Å². The predicted molar refractivity (Wildman–Crippen MR) is 110 cm³/mol. The first-order valence-electron chi connectivity index (χ1n) is 8.80. The second kappa shape index (κ2) is 7.34. The van der Waals surface area contributed by atoms with E-state index < -0.39 is 31.9 Å². The van der Waals surface area contributed by atoms with Crippen molar-refractivity contribution >= 4 is 37.3 Å². The lowest BCUT2D eigenvalue weighted by Gasteiger charge is -2.18. The van der Waals surface area contributed by atoms with E-state index in [4.69, 9.17) is 4.74 Å². The molecule has 0 spiro atoms. The Balaban J connectivity index is 2.09. The number of sulfonamides is 2. The van der Waals surface area contributed by atoms with Gasteiger partial charge >= 0.3 is 0 Å². The molecule has 10 heteroatoms. The fraction of sp³-hybridized carbons (Fsp3) is 0.316. The van der Waals surface area contributed by atoms with Crippen LogP contribution in [0.15, 0.2) is 41.3 Å². The fourth-order valence-corrected chi connectivity index (χ4v) is 6.37. The molecule has 1 heterocycles. The van der Waals surface area contributed by atoms with E-state index >= 15 is 0 Å². The lowest BCUT2D eigenvalue weighted by atomic mass is 10.1. The summed E-state index contributed by atoms with van der Waals surface area (Å²) in [5.74, 6) is -1.58. The van der Waals surface area contributed by atoms with Gasteiger partial charge in [-0.3, -0.25) is 9.52 Å². The van der Waals surface area contributed by atoms with E-state index in [1.807, 2.05) is 19.9 Å². The van der Waals surface area contributed by atoms with E-state index in [0.717, 1.165) is 17.2 Å². The van der Waals surface area contributed by atoms with Crippen LogP contribution in [0, 0.1) is 19.8 Å². The number of amides is 1. The van der Waals surface area contributed by atoms with Gasteiger partial charge in [0.2, 0.25) is 15.9 Å². The molecule has 1 amide bonds. The molecule has 8 nitrogen and oxygen atoms in total. The highest BCUT2D eigenvalue weighted by molar-refractivity contribution is 7.94. The van der Waals surface area contributed by atoms with Gasteiger partial charge in [0.1, 0.15) is 10.6 Å². The van der Waals surface area contributed by atoms with Crippen molar-refractivity contribution < 1.29 is 26.4 Å². The Morgan fingerprint density at radius 3 is 2.24 bits per heavy atom. The molecule has 0 aromatic heterocycles. The summed E-state index contributed by atoms with van der Waals surface area (Å²) < 4.78 is 59.1. The number of ether oxygens (including phenoxy) is 1. The van der Waals surface area contributed by atoms with Crippen LogP contribution in [0.25, 0.3) is 0 Å². The summed E-state index contributed by atoms with van der Waals surface area (Å²) in [5, 5.41) is 0. The highest BCUT2D eigenvalue weighted by Gasteiger charge is 2.42. The summed E-state index contributed by atoms with van der Waals surface area (Å²) in [6.45, 7) is 5.21. The van der Waals surface area contributed by atoms with Gasteiger partial charge in [-0.1, -0.05) is 13.0 Å². The van der Waals surface area contributed by atoms with Gasteiger partial charge in [-0.25, -0.2) is 21.1 Å². The molecule has 1 unspecified atom stereocenters. The molecule has 2 aromatic carbocycles. The van der Waals surface area contributed by atoms with Gasteiger partial charge in [-0.2, -0.15) is 0 Å². The van der Waals surface area contributed by atoms with Crippen LogP contribution >= 0.6 is 0 Å². The van der Waals surface area contributed by atoms with E-state index in [-0.39, 0.29) is 22.1 Å². The van der Waals surface area contributed by atoms with Crippen molar-refractivity contribution in [2.24, 2.45) is 5.92 Å². The first kappa shape index (κ1) is 21.1. The van der Waals surface area contributed by atoms with Crippen LogP contribution in [0.2, 0.25) is 0 Å². The summed E-state index contributed by atoms with van der Waals surface area (Å²) in [4.78, 5) is 12.1. The van der Waals surface area contributed by atoms with Crippen molar-refractivity contribution in [1.29, 1.82) is 0 Å². The maximum Gasteiger partial charge on any atom is 0.265 e. The highest BCUT2D eigenvalue weighted by Crippen LogP contribution is 2.34. The van der Waals surface area contributed by atoms with Crippen molar-refractivity contribution in [1.82, 2.24) is 0 Å². The Morgan fingerprint density at radius 2 is 1.72 bits per heavy atom. The average Bonchev–Trinajstić information content (AvgIpc) is 2.80. The lowest BCUT2D eigenvalue weighted by Crippen LogP contribution is -2.30. The Morgan fingerprint density at radius 1 is 1.10 bits per heavy atom. The molecule has 1 N–H and O–H groups in total. The molecule has 3 rings (SSSR count). The molecule has 1 fully saturated rings. The minimum absolute atomic E-state index is 0.0303. The number of rotatable bonds is 5. The molecule has 2 aromatic rings. The molecule has 0 bridgehead atoms. The molecule has 0 radical (unpaired) electrons. The Hall–Kier alpha value is -2.59. The van der Waals surface area contributed by atoms with E-state index in [9.17, 15) is 21.6 Å². The average molecular weight is 439 g/mol. The van der Waals surface area contributed by atoms with Crippen molar-refractivity contribution in [2.45, 2.75) is 25.7 Å². The number of hydrogen-bond donors (Lipinski definition) is 1. The molecule has 1 saturated heterocycles. The molecular weight excluding hydrogens is 416 g/mol. The quantitative estimate of drug-likeness (QED) is 0.768. The van der Waals surface area contributed by atoms with E-state index in [2.05, 4.69) is 4.72 Å². The second-order valence-corrected chi connectivity index (χ2v) is 10.6. The SMILES string of the molecule is COc1ccc(N2C(=O)C(C)CS2(=O)=O)cc1S(=O)(=O)Nc1cc(C)cc(C)c1. The third-order valence-electron chi connectivity index (χ3n) is 4.51. The zero-order valence-corrected chi connectivity index (χ0v) is 18.1. The number of carbonyl (C=O) groups excluding carboxylic acids is 1. The standard InChI is InChI=1S/C19H22N2O6S2/c1-12-7-13(2)9-15(8-12)20-29(25,26)18-10-16(5-6-17(18)27-4)21-19(22)14(3)11-28(21,23)24/h5-10,14,20H,11H2,1-4H3. The maximum atomic E-state index is 13.0. The van der Waals surface area contributed by atoms with Crippen molar-refractivity contribution in [2.75, 3.05) is 21.9 Å². The number of anilines is 2. The zero-order chi connectivity index (χ0) is 21.6. The first-order chi connectivity index (χ1) is 13.4. The summed E-state index contributed by atoms with van der Waals surface area (Å²) in [5.41, 5.74) is 2.09. The Kier molecular flexibility index (Phi) is 5.35. The number of carbonyl (C=O) groups is 1. The van der Waals surface area contributed by atoms with Crippen LogP contribution < -0.4 is 13.8 Å². The highest BCUT2D eigenvalue weighted by atomic mass is 32.2. The van der Waals surface area contributed by atoms with Gasteiger partial charge in [-0.15, -0.1) is 0 Å². The van der Waals surface area contributed by atoms with Crippen LogP contribution in [0.3, 0.4) is 0 Å². The van der Waals surface area contributed by atoms with Gasteiger partial charge in [0, 0.05) is 5.69 Å². The number of benzene rings is 2. The number of nitrogens with one attached hydrogen (secondary N) is 1. The first-order valence-corrected chi connectivity index (χ1v) is 11.9. The molecule has 0 aliphatic carbocycles. The molecule has 29 heavy (non-hydrogen) atoms. The third kappa shape index (κ3) is 4.08. The largest absolute Gasteiger partial charge is 0.495 e. The number of nitrogens with zero attached hydrogens (tertiary/aromatic N) is 1. The summed E-state index contributed by atoms with van der Waals surface area (Å²) in [6.07, 6.45) is 0. The van der Waals surface area contributed by atoms with Gasteiger partial charge in [0.25, 0.3) is 10.0 Å². The van der Waals surface area contributed by atoms with Crippen molar-refractivity contribution in [3.8, 4) is 5.75 Å². The van der Waals surface area contributed by atoms with Gasteiger partial charge in [-0.05, 0) is 55.3 Å². The van der Waals surface area contributed by atoms with Crippen LogP contribution in [0.1, 0.15) is 18.1 Å². The van der Waals surface area contributed by atoms with Gasteiger partial charge in [0.05, 0.1) is 24.5 Å². The zero-order valence-electron chi connectivity index (χ0n) is 16.5. The topological polar surface area (TPSA) is 110 Å². The number of methoxy groups -OCH3 is 1. The molecule has 1 aliphatic heterocycles. The van der Waals surface area contributed by atoms with Crippen LogP contribution in [-0.2, 0) is 24.8 Å². The molecule has 0 saturated carbocycles. The maximum absolute atomic E-state index is 13.0. The van der Waals surface area contributed by atoms with Crippen molar-refractivity contribution in [3.63, 3.8) is 0 Å². The molecule has 1 aliphatic rings. The van der Waals surface area contributed by atoms with Gasteiger partial charge < -0.3 is 4.74 Å². The number of hydrogen-bond acceptors (Lipinski definition) is 6. The van der Waals surface area contributed by atoms with Crippen LogP contribution in [0.4, 0.5) is 11.4 Å². The third-order valence-corrected chi connectivity index (χ3v) is 7.78. The van der Waals surface area contributed by atoms with Crippen LogP contribution in [0.5, 0.6) is 5.75 Å². The predicted octanol–water partition coefficient (Wildman–Crippen LogP) is 2.43. The Bertz CT molecular complexity index is 1170. The minimum Gasteiger partial charge on any atom is -0.495 e. The van der Waals surface area contributed by atoms with Crippen molar-refractivity contribution in [3.05, 3.63) is 47.5 Å². The fourth-order valence-electron chi connectivity index (χ4n) is 3.33. The monoisotopic (exact) mass is 438 g/mol. The molecule has 156 valence electrons. The van der Waals surface area contributed by atoms with E-state index in [1.165, 1.54) is 26.2 Å². The molecular formula is C19H22N2O6S2. The summed E-state index contributed by atoms with van der Waals surface area (Å²) in [7, 11) is -6.67. The smallest absolute Gasteiger partial charge is 0.265 e. The van der Waals surface area contributed by atoms with E-state index in [1.54, 1.807) is 12.1 Å². The normalized spacial score (nSPS) is 18.7. The van der Waals surface area contributed by atoms with E-state index in [0.29, 0.717) is 9.99 Å². The number of aryl methyl sites for hydroxylation is 2. The Labute approximate surface area is 170 Å². The molecule has 1 atom stereocenters. The summed E-state index contributed by atoms with van der Waals surface area (Å²) in [6, 6.07) is 9.08.